The van der Waals surface area contributed by atoms with Gasteiger partial charge in [-0.2, -0.15) is 23.5 Å². The molecule has 2 heterocycles. The first kappa shape index (κ1) is 13.2. The molecule has 0 aromatic carbocycles. The number of hydrogen-bond donors (Lipinski definition) is 1. The third kappa shape index (κ3) is 5.32. The molecule has 2 nitrogen and oxygen atoms in total. The summed E-state index contributed by atoms with van der Waals surface area (Å²) in [7, 11) is 0. The predicted molar refractivity (Wildman–Crippen MR) is 79.0 cm³/mol. The molecule has 0 amide bonds. The highest BCUT2D eigenvalue weighted by atomic mass is 32.2. The van der Waals surface area contributed by atoms with Gasteiger partial charge in [0, 0.05) is 40.9 Å². The average molecular weight is 268 g/mol. The van der Waals surface area contributed by atoms with Crippen LogP contribution in [0.15, 0.2) is 24.4 Å². The summed E-state index contributed by atoms with van der Waals surface area (Å²) >= 11 is 4.17. The zero-order chi connectivity index (χ0) is 11.8. The second kappa shape index (κ2) is 8.01. The van der Waals surface area contributed by atoms with Crippen molar-refractivity contribution in [3.05, 3.63) is 30.1 Å². The first-order chi connectivity index (χ1) is 8.45. The largest absolute Gasteiger partial charge is 0.312 e. The predicted octanol–water partition coefficient (Wildman–Crippen LogP) is 2.45. The van der Waals surface area contributed by atoms with Gasteiger partial charge in [-0.1, -0.05) is 6.07 Å². The molecule has 94 valence electrons. The van der Waals surface area contributed by atoms with E-state index < -0.39 is 0 Å². The molecule has 0 spiro atoms. The third-order valence-corrected chi connectivity index (χ3v) is 5.30. The molecule has 0 atom stereocenters. The Morgan fingerprint density at radius 2 is 2.06 bits per heavy atom. The summed E-state index contributed by atoms with van der Waals surface area (Å²) in [4.78, 5) is 4.34. The van der Waals surface area contributed by atoms with Crippen molar-refractivity contribution in [2.75, 3.05) is 29.6 Å². The molecule has 4 heteroatoms. The zero-order valence-corrected chi connectivity index (χ0v) is 11.7. The molecule has 1 aliphatic heterocycles. The quantitative estimate of drug-likeness (QED) is 0.829. The van der Waals surface area contributed by atoms with Gasteiger partial charge in [-0.25, -0.2) is 0 Å². The summed E-state index contributed by atoms with van der Waals surface area (Å²) < 4.78 is 0. The number of hydrogen-bond acceptors (Lipinski definition) is 4. The minimum atomic E-state index is 0.705. The van der Waals surface area contributed by atoms with E-state index in [1.54, 1.807) is 0 Å². The van der Waals surface area contributed by atoms with Crippen LogP contribution < -0.4 is 5.32 Å². The summed E-state index contributed by atoms with van der Waals surface area (Å²) in [5.74, 6) is 5.18. The van der Waals surface area contributed by atoms with Crippen LogP contribution in [0.3, 0.4) is 0 Å². The lowest BCUT2D eigenvalue weighted by atomic mass is 10.2. The Kier molecular flexibility index (Phi) is 6.24. The normalized spacial score (nSPS) is 17.9. The third-order valence-electron chi connectivity index (χ3n) is 2.78. The Labute approximate surface area is 112 Å². The number of nitrogens with one attached hydrogen (secondary N) is 1. The van der Waals surface area contributed by atoms with Crippen LogP contribution in [0.1, 0.15) is 12.1 Å². The molecule has 0 aliphatic carbocycles. The smallest absolute Gasteiger partial charge is 0.0404 e. The van der Waals surface area contributed by atoms with E-state index >= 15 is 0 Å². The molecule has 1 N–H and O–H groups in total. The fourth-order valence-corrected chi connectivity index (χ4v) is 4.32. The summed E-state index contributed by atoms with van der Waals surface area (Å²) in [5.41, 5.74) is 1.21. The van der Waals surface area contributed by atoms with E-state index in [9.17, 15) is 0 Å². The molecule has 0 saturated carbocycles. The molecule has 1 aromatic heterocycles. The van der Waals surface area contributed by atoms with Gasteiger partial charge < -0.3 is 5.32 Å². The van der Waals surface area contributed by atoms with E-state index in [2.05, 4.69) is 46.0 Å². The first-order valence-electron chi connectivity index (χ1n) is 6.24. The first-order valence-corrected chi connectivity index (χ1v) is 8.55. The zero-order valence-electron chi connectivity index (χ0n) is 10.1. The second-order valence-electron chi connectivity index (χ2n) is 4.23. The van der Waals surface area contributed by atoms with Gasteiger partial charge in [0.2, 0.25) is 0 Å². The van der Waals surface area contributed by atoms with Gasteiger partial charge in [-0.15, -0.1) is 0 Å². The van der Waals surface area contributed by atoms with Crippen molar-refractivity contribution >= 4 is 23.5 Å². The summed E-state index contributed by atoms with van der Waals surface area (Å²) in [5, 5.41) is 3.66. The van der Waals surface area contributed by atoms with Crippen molar-refractivity contribution in [3.8, 4) is 0 Å². The van der Waals surface area contributed by atoms with Crippen LogP contribution in [-0.4, -0.2) is 40.6 Å². The van der Waals surface area contributed by atoms with Gasteiger partial charge in [0.15, 0.2) is 0 Å². The Hall–Kier alpha value is -0.190. The number of aryl methyl sites for hydroxylation is 1. The topological polar surface area (TPSA) is 24.9 Å². The lowest BCUT2D eigenvalue weighted by molar-refractivity contribution is 0.580. The molecule has 0 bridgehead atoms. The number of aromatic nitrogens is 1. The molecule has 0 radical (unpaired) electrons. The molecule has 1 fully saturated rings. The van der Waals surface area contributed by atoms with Gasteiger partial charge in [-0.05, 0) is 31.5 Å². The van der Waals surface area contributed by atoms with Gasteiger partial charge >= 0.3 is 0 Å². The number of rotatable bonds is 5. The van der Waals surface area contributed by atoms with Gasteiger partial charge in [0.25, 0.3) is 0 Å². The molecule has 1 aliphatic rings. The number of pyridine rings is 1. The molecule has 2 rings (SSSR count). The summed E-state index contributed by atoms with van der Waals surface area (Å²) in [6.45, 7) is 1.11. The molecule has 1 aromatic rings. The number of nitrogens with zero attached hydrogens (tertiary/aromatic N) is 1. The molecule has 17 heavy (non-hydrogen) atoms. The Morgan fingerprint density at radius 3 is 2.76 bits per heavy atom. The van der Waals surface area contributed by atoms with Crippen LogP contribution in [-0.2, 0) is 6.42 Å². The lowest BCUT2D eigenvalue weighted by Crippen LogP contribution is -2.34. The Morgan fingerprint density at radius 1 is 1.24 bits per heavy atom. The maximum atomic E-state index is 4.34. The van der Waals surface area contributed by atoms with Crippen LogP contribution in [0.25, 0.3) is 0 Å². The van der Waals surface area contributed by atoms with E-state index in [1.165, 1.54) is 35.1 Å². The maximum absolute atomic E-state index is 4.34. The van der Waals surface area contributed by atoms with Crippen molar-refractivity contribution in [1.82, 2.24) is 10.3 Å². The number of thioether (sulfide) groups is 2. The van der Waals surface area contributed by atoms with Crippen LogP contribution in [0.4, 0.5) is 0 Å². The molecular formula is C13H20N2S2. The van der Waals surface area contributed by atoms with Crippen molar-refractivity contribution in [2.24, 2.45) is 0 Å². The van der Waals surface area contributed by atoms with Gasteiger partial charge in [0.1, 0.15) is 0 Å². The van der Waals surface area contributed by atoms with Crippen molar-refractivity contribution in [2.45, 2.75) is 18.9 Å². The van der Waals surface area contributed by atoms with Gasteiger partial charge in [0.05, 0.1) is 0 Å². The molecule has 0 unspecified atom stereocenters. The van der Waals surface area contributed by atoms with Crippen LogP contribution >= 0.6 is 23.5 Å². The fraction of sp³-hybridized carbons (Fsp3) is 0.615. The van der Waals surface area contributed by atoms with Crippen LogP contribution in [0.5, 0.6) is 0 Å². The molecular weight excluding hydrogens is 248 g/mol. The average Bonchev–Trinajstić information content (AvgIpc) is 2.65. The Bertz CT molecular complexity index is 298. The van der Waals surface area contributed by atoms with Gasteiger partial charge in [-0.3, -0.25) is 4.98 Å². The minimum Gasteiger partial charge on any atom is -0.312 e. The highest BCUT2D eigenvalue weighted by molar-refractivity contribution is 8.03. The van der Waals surface area contributed by atoms with Crippen molar-refractivity contribution in [3.63, 3.8) is 0 Å². The maximum Gasteiger partial charge on any atom is 0.0404 e. The van der Waals surface area contributed by atoms with E-state index in [0.29, 0.717) is 6.04 Å². The minimum absolute atomic E-state index is 0.705. The van der Waals surface area contributed by atoms with Crippen molar-refractivity contribution < 1.29 is 0 Å². The fourth-order valence-electron chi connectivity index (χ4n) is 1.86. The highest BCUT2D eigenvalue weighted by Crippen LogP contribution is 2.16. The highest BCUT2D eigenvalue weighted by Gasteiger charge is 2.11. The van der Waals surface area contributed by atoms with E-state index in [1.807, 2.05) is 12.3 Å². The lowest BCUT2D eigenvalue weighted by Gasteiger charge is -2.14. The van der Waals surface area contributed by atoms with Crippen LogP contribution in [0, 0.1) is 0 Å². The standard InChI is InChI=1S/C13H20N2S2/c1-2-6-14-12(4-1)5-3-7-15-13-10-16-8-9-17-11-13/h1-2,4,6,13,15H,3,5,7-11H2. The van der Waals surface area contributed by atoms with E-state index in [4.69, 9.17) is 0 Å². The summed E-state index contributed by atoms with van der Waals surface area (Å²) in [6, 6.07) is 6.85. The van der Waals surface area contributed by atoms with Crippen molar-refractivity contribution in [1.29, 1.82) is 0 Å². The SMILES string of the molecule is c1ccc(CCCNC2CSCCSC2)nc1. The summed E-state index contributed by atoms with van der Waals surface area (Å²) in [6.07, 6.45) is 4.14. The van der Waals surface area contributed by atoms with E-state index in [0.717, 1.165) is 13.0 Å². The molecule has 1 saturated heterocycles. The second-order valence-corrected chi connectivity index (χ2v) is 6.53. The Balaban J connectivity index is 1.59. The monoisotopic (exact) mass is 268 g/mol. The van der Waals surface area contributed by atoms with Crippen LogP contribution in [0.2, 0.25) is 0 Å². The van der Waals surface area contributed by atoms with E-state index in [-0.39, 0.29) is 0 Å².